The third-order valence-electron chi connectivity index (χ3n) is 7.76. The topological polar surface area (TPSA) is 78.7 Å². The van der Waals surface area contributed by atoms with Crippen LogP contribution in [0.5, 0.6) is 0 Å². The molecular weight excluding hydrogens is 545 g/mol. The number of nitrogens with two attached hydrogens (primary N) is 1. The summed E-state index contributed by atoms with van der Waals surface area (Å²) in [5.41, 5.74) is 2.91. The van der Waals surface area contributed by atoms with Crippen LogP contribution in [-0.2, 0) is 23.7 Å². The number of nitrogens with one attached hydrogen (secondary N) is 1. The summed E-state index contributed by atoms with van der Waals surface area (Å²) in [6.07, 6.45) is -8.11. The fourth-order valence-electron chi connectivity index (χ4n) is 5.77. The lowest BCUT2D eigenvalue weighted by Crippen LogP contribution is -2.57. The molecule has 2 saturated heterocycles. The number of rotatable bonds is 4. The van der Waals surface area contributed by atoms with E-state index < -0.39 is 65.4 Å². The number of likely N-dealkylation sites (tertiary alicyclic amines) is 1. The lowest BCUT2D eigenvalue weighted by molar-refractivity contribution is -0.143. The third-order valence-corrected chi connectivity index (χ3v) is 7.76. The van der Waals surface area contributed by atoms with Crippen LogP contribution in [0.15, 0.2) is 36.4 Å². The highest BCUT2D eigenvalue weighted by Gasteiger charge is 2.48. The van der Waals surface area contributed by atoms with Crippen molar-refractivity contribution in [1.82, 2.24) is 15.1 Å². The maximum atomic E-state index is 13.9. The maximum absolute atomic E-state index is 13.9. The van der Waals surface area contributed by atoms with Gasteiger partial charge in [-0.15, -0.1) is 0 Å². The van der Waals surface area contributed by atoms with Gasteiger partial charge in [0.1, 0.15) is 5.82 Å². The largest absolute Gasteiger partial charge is 0.416 e. The van der Waals surface area contributed by atoms with Crippen molar-refractivity contribution in [3.05, 3.63) is 70.0 Å². The summed E-state index contributed by atoms with van der Waals surface area (Å²) in [6, 6.07) is 3.60. The SMILES string of the molecule is Cc1cc(F)ccc1[C@H]1C[C@]2(CC[C@@H](C(N)=O)N2)CCN1C(=O)N(C)Cc1cc(C(F)(F)F)cc(C(F)(F)F)c1. The molecule has 0 radical (unpaired) electrons. The van der Waals surface area contributed by atoms with E-state index in [0.29, 0.717) is 48.9 Å². The van der Waals surface area contributed by atoms with Gasteiger partial charge in [-0.3, -0.25) is 4.79 Å². The maximum Gasteiger partial charge on any atom is 0.416 e. The van der Waals surface area contributed by atoms with Crippen LogP contribution < -0.4 is 11.1 Å². The number of carbonyl (C=O) groups is 2. The van der Waals surface area contributed by atoms with E-state index in [1.165, 1.54) is 24.1 Å². The number of aryl methyl sites for hydroxylation is 1. The molecule has 2 aliphatic heterocycles. The Hall–Kier alpha value is -3.35. The molecule has 218 valence electrons. The first-order chi connectivity index (χ1) is 18.5. The van der Waals surface area contributed by atoms with E-state index in [1.54, 1.807) is 13.0 Å². The fourth-order valence-corrected chi connectivity index (χ4v) is 5.77. The molecule has 3 N–H and O–H groups in total. The Balaban J connectivity index is 1.63. The molecule has 3 atom stereocenters. The zero-order chi connectivity index (χ0) is 29.6. The van der Waals surface area contributed by atoms with Crippen molar-refractivity contribution in [1.29, 1.82) is 0 Å². The molecule has 4 rings (SSSR count). The normalized spacial score (nSPS) is 23.5. The predicted octanol–water partition coefficient (Wildman–Crippen LogP) is 5.54. The van der Waals surface area contributed by atoms with Crippen molar-refractivity contribution in [3.63, 3.8) is 0 Å². The molecule has 2 aromatic carbocycles. The van der Waals surface area contributed by atoms with Gasteiger partial charge in [-0.1, -0.05) is 6.07 Å². The summed E-state index contributed by atoms with van der Waals surface area (Å²) in [7, 11) is 1.30. The molecule has 0 aromatic heterocycles. The second-order valence-electron chi connectivity index (χ2n) is 10.6. The fraction of sp³-hybridized carbons (Fsp3) is 0.481. The summed E-state index contributed by atoms with van der Waals surface area (Å²) in [5.74, 6) is -0.969. The Labute approximate surface area is 226 Å². The number of alkyl halides is 6. The van der Waals surface area contributed by atoms with Crippen LogP contribution in [0.2, 0.25) is 0 Å². The van der Waals surface area contributed by atoms with Crippen LogP contribution in [-0.4, -0.2) is 46.9 Å². The Kier molecular flexibility index (Phi) is 7.83. The molecule has 0 bridgehead atoms. The summed E-state index contributed by atoms with van der Waals surface area (Å²) < 4.78 is 93.9. The molecule has 13 heteroatoms. The second kappa shape index (κ2) is 10.6. The van der Waals surface area contributed by atoms with E-state index in [2.05, 4.69) is 5.32 Å². The first-order valence-corrected chi connectivity index (χ1v) is 12.6. The van der Waals surface area contributed by atoms with Crippen LogP contribution >= 0.6 is 0 Å². The minimum atomic E-state index is -5.01. The molecule has 40 heavy (non-hydrogen) atoms. The van der Waals surface area contributed by atoms with Crippen LogP contribution in [0.25, 0.3) is 0 Å². The minimum Gasteiger partial charge on any atom is -0.368 e. The predicted molar refractivity (Wildman–Crippen MR) is 131 cm³/mol. The Bertz CT molecular complexity index is 1260. The average Bonchev–Trinajstić information content (AvgIpc) is 3.26. The number of carbonyl (C=O) groups excluding carboxylic acids is 2. The number of hydrogen-bond acceptors (Lipinski definition) is 3. The molecule has 1 spiro atoms. The van der Waals surface area contributed by atoms with Gasteiger partial charge in [0.25, 0.3) is 0 Å². The molecule has 6 nitrogen and oxygen atoms in total. The highest BCUT2D eigenvalue weighted by atomic mass is 19.4. The zero-order valence-electron chi connectivity index (χ0n) is 21.8. The van der Waals surface area contributed by atoms with Crippen molar-refractivity contribution in [3.8, 4) is 0 Å². The lowest BCUT2D eigenvalue weighted by Gasteiger charge is -2.47. The standard InChI is InChI=1S/C27H29F7N4O2/c1-15-9-19(28)3-4-20(15)22-13-25(6-5-21(36-25)23(35)39)7-8-38(22)24(40)37(2)14-16-10-17(26(29,30)31)12-18(11-16)27(32,33)34/h3-4,9-12,21-22,36H,5-8,13-14H2,1-2H3,(H2,35,39)/t21-,22+,25-/m0/s1. The monoisotopic (exact) mass is 574 g/mol. The average molecular weight is 575 g/mol. The first kappa shape index (κ1) is 29.6. The summed E-state index contributed by atoms with van der Waals surface area (Å²) >= 11 is 0. The Morgan fingerprint density at radius 2 is 1.68 bits per heavy atom. The Morgan fingerprint density at radius 3 is 2.20 bits per heavy atom. The number of piperidine rings is 1. The van der Waals surface area contributed by atoms with E-state index in [0.717, 1.165) is 4.90 Å². The minimum absolute atomic E-state index is 0.0384. The number of halogens is 7. The third kappa shape index (κ3) is 6.18. The van der Waals surface area contributed by atoms with Crippen molar-refractivity contribution >= 4 is 11.9 Å². The molecule has 2 aromatic rings. The van der Waals surface area contributed by atoms with Gasteiger partial charge >= 0.3 is 18.4 Å². The van der Waals surface area contributed by atoms with Gasteiger partial charge in [0.15, 0.2) is 0 Å². The highest BCUT2D eigenvalue weighted by molar-refractivity contribution is 5.80. The summed E-state index contributed by atoms with van der Waals surface area (Å²) in [6.45, 7) is 1.35. The number of urea groups is 1. The van der Waals surface area contributed by atoms with Crippen LogP contribution in [0.1, 0.15) is 59.5 Å². The van der Waals surface area contributed by atoms with Crippen molar-refractivity contribution in [2.45, 2.75) is 69.1 Å². The van der Waals surface area contributed by atoms with Crippen molar-refractivity contribution in [2.24, 2.45) is 5.73 Å². The second-order valence-corrected chi connectivity index (χ2v) is 10.6. The number of primary amides is 1. The van der Waals surface area contributed by atoms with Crippen LogP contribution in [0.3, 0.4) is 0 Å². The number of benzene rings is 2. The van der Waals surface area contributed by atoms with Gasteiger partial charge in [-0.25, -0.2) is 9.18 Å². The van der Waals surface area contributed by atoms with Gasteiger partial charge in [0.05, 0.1) is 23.2 Å². The van der Waals surface area contributed by atoms with Crippen molar-refractivity contribution < 1.29 is 40.3 Å². The van der Waals surface area contributed by atoms with Gasteiger partial charge < -0.3 is 20.9 Å². The van der Waals surface area contributed by atoms with E-state index in [9.17, 15) is 40.3 Å². The van der Waals surface area contributed by atoms with Gasteiger partial charge in [0.2, 0.25) is 5.91 Å². The molecule has 2 aliphatic rings. The molecule has 2 heterocycles. The van der Waals surface area contributed by atoms with E-state index in [4.69, 9.17) is 5.73 Å². The van der Waals surface area contributed by atoms with E-state index >= 15 is 0 Å². The molecular formula is C27H29F7N4O2. The van der Waals surface area contributed by atoms with Gasteiger partial charge in [0, 0.05) is 25.7 Å². The molecule has 0 unspecified atom stereocenters. The lowest BCUT2D eigenvalue weighted by atomic mass is 9.79. The number of amides is 3. The molecule has 0 saturated carbocycles. The van der Waals surface area contributed by atoms with Crippen molar-refractivity contribution in [2.75, 3.05) is 13.6 Å². The molecule has 3 amide bonds. The smallest absolute Gasteiger partial charge is 0.368 e. The van der Waals surface area contributed by atoms with E-state index in [1.807, 2.05) is 0 Å². The van der Waals surface area contributed by atoms with Gasteiger partial charge in [-0.05, 0) is 79.6 Å². The van der Waals surface area contributed by atoms with Crippen LogP contribution in [0, 0.1) is 12.7 Å². The van der Waals surface area contributed by atoms with Crippen LogP contribution in [0.4, 0.5) is 35.5 Å². The van der Waals surface area contributed by atoms with Gasteiger partial charge in [-0.2, -0.15) is 26.3 Å². The first-order valence-electron chi connectivity index (χ1n) is 12.6. The molecule has 0 aliphatic carbocycles. The molecule has 2 fully saturated rings. The highest BCUT2D eigenvalue weighted by Crippen LogP contribution is 2.44. The Morgan fingerprint density at radius 1 is 1.05 bits per heavy atom. The summed E-state index contributed by atoms with van der Waals surface area (Å²) in [5, 5.41) is 3.29. The van der Waals surface area contributed by atoms with E-state index in [-0.39, 0.29) is 18.2 Å². The number of hydrogen-bond donors (Lipinski definition) is 2. The zero-order valence-corrected chi connectivity index (χ0v) is 21.8. The summed E-state index contributed by atoms with van der Waals surface area (Å²) in [4.78, 5) is 28.0. The number of nitrogens with zero attached hydrogens (tertiary/aromatic N) is 2. The quantitative estimate of drug-likeness (QED) is 0.471.